The van der Waals surface area contributed by atoms with Gasteiger partial charge in [-0.3, -0.25) is 20.4 Å². The molecule has 146 valence electrons. The van der Waals surface area contributed by atoms with Crippen LogP contribution in [-0.2, 0) is 16.0 Å². The Morgan fingerprint density at radius 1 is 1.00 bits per heavy atom. The monoisotopic (exact) mass is 419 g/mol. The van der Waals surface area contributed by atoms with Crippen LogP contribution < -0.4 is 15.6 Å². The van der Waals surface area contributed by atoms with Gasteiger partial charge in [-0.2, -0.15) is 5.26 Å². The van der Waals surface area contributed by atoms with Crippen LogP contribution in [0.1, 0.15) is 30.4 Å². The van der Waals surface area contributed by atoms with E-state index in [1.165, 1.54) is 0 Å². The quantitative estimate of drug-likeness (QED) is 0.502. The summed E-state index contributed by atoms with van der Waals surface area (Å²) in [6.45, 7) is 0.307. The summed E-state index contributed by atoms with van der Waals surface area (Å²) in [5, 5.41) is 9.68. The van der Waals surface area contributed by atoms with Crippen LogP contribution in [0.2, 0.25) is 10.0 Å². The molecule has 0 heterocycles. The maximum absolute atomic E-state index is 11.8. The second kappa shape index (κ2) is 11.2. The fraction of sp³-hybridized carbons (Fsp3) is 0.250. The van der Waals surface area contributed by atoms with Gasteiger partial charge in [-0.15, -0.1) is 0 Å². The van der Waals surface area contributed by atoms with E-state index in [9.17, 15) is 9.59 Å². The summed E-state index contributed by atoms with van der Waals surface area (Å²) in [7, 11) is 0. The van der Waals surface area contributed by atoms with Crippen LogP contribution in [0, 0.1) is 11.3 Å². The van der Waals surface area contributed by atoms with Crippen LogP contribution in [-0.4, -0.2) is 18.4 Å². The minimum Gasteiger partial charge on any atom is -0.492 e. The van der Waals surface area contributed by atoms with Gasteiger partial charge in [0.25, 0.3) is 0 Å². The van der Waals surface area contributed by atoms with Gasteiger partial charge in [0, 0.05) is 17.9 Å². The number of carbonyl (C=O) groups is 2. The van der Waals surface area contributed by atoms with Crippen molar-refractivity contribution in [2.45, 2.75) is 25.7 Å². The van der Waals surface area contributed by atoms with Gasteiger partial charge in [-0.1, -0.05) is 35.3 Å². The van der Waals surface area contributed by atoms with Crippen LogP contribution >= 0.6 is 23.2 Å². The summed E-state index contributed by atoms with van der Waals surface area (Å²) < 4.78 is 5.49. The maximum atomic E-state index is 11.8. The molecule has 6 nitrogen and oxygen atoms in total. The predicted octanol–water partition coefficient (Wildman–Crippen LogP) is 3.80. The topological polar surface area (TPSA) is 91.2 Å². The van der Waals surface area contributed by atoms with E-state index in [2.05, 4.69) is 10.9 Å². The van der Waals surface area contributed by atoms with Crippen molar-refractivity contribution in [1.82, 2.24) is 10.9 Å². The van der Waals surface area contributed by atoms with Crippen LogP contribution in [0.15, 0.2) is 42.5 Å². The number of benzene rings is 2. The van der Waals surface area contributed by atoms with Crippen LogP contribution in [0.3, 0.4) is 0 Å². The first kappa shape index (κ1) is 21.5. The highest BCUT2D eigenvalue weighted by Crippen LogP contribution is 2.27. The molecule has 2 N–H and O–H groups in total. The predicted molar refractivity (Wildman–Crippen MR) is 107 cm³/mol. The first-order valence-corrected chi connectivity index (χ1v) is 9.38. The lowest BCUT2D eigenvalue weighted by molar-refractivity contribution is -0.129. The number of amides is 2. The zero-order valence-electron chi connectivity index (χ0n) is 15.0. The highest BCUT2D eigenvalue weighted by Gasteiger charge is 2.07. The molecule has 2 rings (SSSR count). The van der Waals surface area contributed by atoms with Gasteiger partial charge in [-0.05, 0) is 48.7 Å². The van der Waals surface area contributed by atoms with Gasteiger partial charge in [0.1, 0.15) is 5.75 Å². The number of nitriles is 1. The molecule has 0 bridgehead atoms. The van der Waals surface area contributed by atoms with Crippen LogP contribution in [0.5, 0.6) is 5.75 Å². The third-order valence-electron chi connectivity index (χ3n) is 3.76. The molecular weight excluding hydrogens is 401 g/mol. The largest absolute Gasteiger partial charge is 0.492 e. The average Bonchev–Trinajstić information content (AvgIpc) is 2.69. The van der Waals surface area contributed by atoms with Gasteiger partial charge in [0.2, 0.25) is 11.8 Å². The van der Waals surface area contributed by atoms with Gasteiger partial charge < -0.3 is 4.74 Å². The van der Waals surface area contributed by atoms with Gasteiger partial charge in [0.05, 0.1) is 23.3 Å². The third kappa shape index (κ3) is 7.47. The Balaban J connectivity index is 1.59. The van der Waals surface area contributed by atoms with E-state index in [4.69, 9.17) is 33.2 Å². The molecule has 0 aliphatic carbocycles. The van der Waals surface area contributed by atoms with Crippen molar-refractivity contribution in [3.63, 3.8) is 0 Å². The molecule has 8 heteroatoms. The first-order valence-electron chi connectivity index (χ1n) is 8.62. The van der Waals surface area contributed by atoms with E-state index in [0.29, 0.717) is 40.8 Å². The Labute approximate surface area is 173 Å². The summed E-state index contributed by atoms with van der Waals surface area (Å²) in [5.74, 6) is -0.0954. The Morgan fingerprint density at radius 3 is 2.32 bits per heavy atom. The second-order valence-electron chi connectivity index (χ2n) is 5.93. The van der Waals surface area contributed by atoms with E-state index in [1.54, 1.807) is 42.5 Å². The smallest absolute Gasteiger partial charge is 0.238 e. The Kier molecular flexibility index (Phi) is 8.60. The molecule has 0 unspecified atom stereocenters. The molecule has 0 radical (unpaired) electrons. The van der Waals surface area contributed by atoms with E-state index < -0.39 is 0 Å². The van der Waals surface area contributed by atoms with E-state index in [0.717, 1.165) is 5.56 Å². The molecule has 2 aromatic carbocycles. The summed E-state index contributed by atoms with van der Waals surface area (Å²) in [4.78, 5) is 23.6. The van der Waals surface area contributed by atoms with Gasteiger partial charge >= 0.3 is 0 Å². The second-order valence-corrected chi connectivity index (χ2v) is 6.78. The van der Waals surface area contributed by atoms with Crippen LogP contribution in [0.25, 0.3) is 0 Å². The van der Waals surface area contributed by atoms with Crippen molar-refractivity contribution in [1.29, 1.82) is 5.26 Å². The van der Waals surface area contributed by atoms with E-state index in [-0.39, 0.29) is 24.7 Å². The zero-order chi connectivity index (χ0) is 20.4. The van der Waals surface area contributed by atoms with Gasteiger partial charge in [-0.25, -0.2) is 0 Å². The lowest BCUT2D eigenvalue weighted by Crippen LogP contribution is -2.41. The van der Waals surface area contributed by atoms with Crippen molar-refractivity contribution in [3.8, 4) is 11.8 Å². The van der Waals surface area contributed by atoms with Gasteiger partial charge in [0.15, 0.2) is 0 Å². The molecule has 0 spiro atoms. The van der Waals surface area contributed by atoms with Crippen molar-refractivity contribution < 1.29 is 14.3 Å². The number of nitrogens with one attached hydrogen (secondary N) is 2. The molecule has 2 aromatic rings. The minimum absolute atomic E-state index is 0.196. The SMILES string of the molecule is N#Cc1ccc(CCC(=O)NNC(=O)CCCOc2ccc(Cl)cc2Cl)cc1. The molecular formula is C20H19Cl2N3O3. The maximum Gasteiger partial charge on any atom is 0.238 e. The molecule has 0 aliphatic heterocycles. The molecule has 2 amide bonds. The fourth-order valence-electron chi connectivity index (χ4n) is 2.28. The Hall–Kier alpha value is -2.75. The summed E-state index contributed by atoms with van der Waals surface area (Å²) >= 11 is 11.8. The van der Waals surface area contributed by atoms with Crippen molar-refractivity contribution in [2.24, 2.45) is 0 Å². The number of carbonyl (C=O) groups excluding carboxylic acids is 2. The number of ether oxygens (including phenoxy) is 1. The van der Waals surface area contributed by atoms with Crippen LogP contribution in [0.4, 0.5) is 0 Å². The third-order valence-corrected chi connectivity index (χ3v) is 4.30. The highest BCUT2D eigenvalue weighted by molar-refractivity contribution is 6.35. The zero-order valence-corrected chi connectivity index (χ0v) is 16.5. The normalized spacial score (nSPS) is 10.0. The summed E-state index contributed by atoms with van der Waals surface area (Å²) in [6, 6.07) is 14.0. The summed E-state index contributed by atoms with van der Waals surface area (Å²) in [6.07, 6.45) is 1.40. The number of hydrogen-bond donors (Lipinski definition) is 2. The Morgan fingerprint density at radius 2 is 1.68 bits per heavy atom. The molecule has 0 fully saturated rings. The number of rotatable bonds is 8. The fourth-order valence-corrected chi connectivity index (χ4v) is 2.74. The van der Waals surface area contributed by atoms with E-state index >= 15 is 0 Å². The van der Waals surface area contributed by atoms with Crippen molar-refractivity contribution >= 4 is 35.0 Å². The first-order chi connectivity index (χ1) is 13.5. The molecule has 28 heavy (non-hydrogen) atoms. The number of hydrazine groups is 1. The molecule has 0 atom stereocenters. The number of hydrogen-bond acceptors (Lipinski definition) is 4. The average molecular weight is 420 g/mol. The minimum atomic E-state index is -0.308. The lowest BCUT2D eigenvalue weighted by atomic mass is 10.1. The standard InChI is InChI=1S/C20H19Cl2N3O3/c21-16-8-9-18(17(22)12-16)28-11-1-2-19(26)24-25-20(27)10-7-14-3-5-15(13-23)6-4-14/h3-6,8-9,12H,1-2,7,10-11H2,(H,24,26)(H,25,27). The van der Waals surface area contributed by atoms with E-state index in [1.807, 2.05) is 6.07 Å². The molecule has 0 saturated heterocycles. The van der Waals surface area contributed by atoms with Crippen molar-refractivity contribution in [2.75, 3.05) is 6.61 Å². The lowest BCUT2D eigenvalue weighted by Gasteiger charge is -2.09. The highest BCUT2D eigenvalue weighted by atomic mass is 35.5. The molecule has 0 aromatic heterocycles. The Bertz CT molecular complexity index is 864. The van der Waals surface area contributed by atoms with Crippen molar-refractivity contribution in [3.05, 3.63) is 63.6 Å². The number of nitrogens with zero attached hydrogens (tertiary/aromatic N) is 1. The number of aryl methyl sites for hydroxylation is 1. The number of halogens is 2. The molecule has 0 aliphatic rings. The summed E-state index contributed by atoms with van der Waals surface area (Å²) in [5.41, 5.74) is 6.27. The molecule has 0 saturated carbocycles.